The van der Waals surface area contributed by atoms with Gasteiger partial charge in [-0.1, -0.05) is 36.4 Å². The number of urea groups is 1. The molecule has 1 atom stereocenters. The number of nitrogens with one attached hydrogen (secondary N) is 1. The molecule has 1 rings (SSSR count). The molecule has 0 aromatic heterocycles. The van der Waals surface area contributed by atoms with Gasteiger partial charge in [-0.05, 0) is 18.6 Å². The fourth-order valence-electron chi connectivity index (χ4n) is 1.91. The van der Waals surface area contributed by atoms with Crippen LogP contribution in [0.1, 0.15) is 12.5 Å². The quantitative estimate of drug-likeness (QED) is 0.425. The third-order valence-electron chi connectivity index (χ3n) is 3.09. The Labute approximate surface area is 136 Å². The first-order valence-electron chi connectivity index (χ1n) is 7.34. The zero-order chi connectivity index (χ0) is 17.1. The summed E-state index contributed by atoms with van der Waals surface area (Å²) in [4.78, 5) is 36.4. The fraction of sp³-hybridized carbons (Fsp3) is 0.353. The van der Waals surface area contributed by atoms with E-state index in [2.05, 4.69) is 5.32 Å². The van der Waals surface area contributed by atoms with Crippen LogP contribution in [0.15, 0.2) is 36.4 Å². The van der Waals surface area contributed by atoms with E-state index in [1.54, 1.807) is 12.4 Å². The number of ether oxygens (including phenoxy) is 1. The number of ketones is 1. The van der Waals surface area contributed by atoms with Crippen LogP contribution in [0.25, 0.3) is 6.08 Å². The molecule has 1 aromatic rings. The summed E-state index contributed by atoms with van der Waals surface area (Å²) < 4.78 is 5.18. The Balaban J connectivity index is 2.83. The van der Waals surface area contributed by atoms with Crippen LogP contribution in [0.4, 0.5) is 4.79 Å². The standard InChI is InChI=1S/C17H21N2O4/c1-3-23-12-11-19(17(22)18-2)15(13-20)16(21)10-9-14-7-5-4-6-8-14/h4-10,15H,3,11-12H2,1-2H3,(H,18,22). The minimum Gasteiger partial charge on any atom is -0.380 e. The van der Waals surface area contributed by atoms with Gasteiger partial charge < -0.3 is 15.0 Å². The third-order valence-corrected chi connectivity index (χ3v) is 3.09. The molecule has 23 heavy (non-hydrogen) atoms. The Morgan fingerprint density at radius 2 is 2.04 bits per heavy atom. The van der Waals surface area contributed by atoms with E-state index in [0.29, 0.717) is 6.61 Å². The summed E-state index contributed by atoms with van der Waals surface area (Å²) in [7, 11) is 1.43. The lowest BCUT2D eigenvalue weighted by Crippen LogP contribution is -2.50. The molecule has 6 nitrogen and oxygen atoms in total. The Bertz CT molecular complexity index is 543. The van der Waals surface area contributed by atoms with Gasteiger partial charge in [0.05, 0.1) is 6.61 Å². The first-order valence-corrected chi connectivity index (χ1v) is 7.34. The Kier molecular flexibility index (Phi) is 8.31. The summed E-state index contributed by atoms with van der Waals surface area (Å²) in [6.45, 7) is 2.66. The average Bonchev–Trinajstić information content (AvgIpc) is 2.59. The second kappa shape index (κ2) is 10.3. The molecule has 0 heterocycles. The maximum atomic E-state index is 12.2. The summed E-state index contributed by atoms with van der Waals surface area (Å²) in [5, 5.41) is 2.41. The molecule has 6 heteroatoms. The molecule has 0 fully saturated rings. The van der Waals surface area contributed by atoms with E-state index >= 15 is 0 Å². The maximum Gasteiger partial charge on any atom is 0.318 e. The molecule has 1 aromatic carbocycles. The van der Waals surface area contributed by atoms with E-state index in [1.165, 1.54) is 13.1 Å². The highest BCUT2D eigenvalue weighted by Gasteiger charge is 2.28. The van der Waals surface area contributed by atoms with Gasteiger partial charge in [-0.25, -0.2) is 4.79 Å². The Hall–Kier alpha value is -2.47. The normalized spacial score (nSPS) is 11.9. The van der Waals surface area contributed by atoms with E-state index in [4.69, 9.17) is 4.74 Å². The smallest absolute Gasteiger partial charge is 0.318 e. The summed E-state index contributed by atoms with van der Waals surface area (Å²) in [6.07, 6.45) is 4.51. The average molecular weight is 317 g/mol. The highest BCUT2D eigenvalue weighted by molar-refractivity contribution is 6.08. The van der Waals surface area contributed by atoms with Gasteiger partial charge in [-0.3, -0.25) is 9.59 Å². The molecule has 0 saturated carbocycles. The van der Waals surface area contributed by atoms with E-state index in [-0.39, 0.29) is 13.2 Å². The second-order valence-corrected chi connectivity index (χ2v) is 4.61. The van der Waals surface area contributed by atoms with Gasteiger partial charge in [0.25, 0.3) is 0 Å². The molecule has 2 amide bonds. The van der Waals surface area contributed by atoms with Gasteiger partial charge in [0.1, 0.15) is 0 Å². The molecule has 0 aliphatic carbocycles. The van der Waals surface area contributed by atoms with E-state index in [1.807, 2.05) is 37.3 Å². The highest BCUT2D eigenvalue weighted by Crippen LogP contribution is 2.05. The highest BCUT2D eigenvalue weighted by atomic mass is 16.5. The Morgan fingerprint density at radius 1 is 1.35 bits per heavy atom. The van der Waals surface area contributed by atoms with Crippen LogP contribution in [-0.2, 0) is 14.3 Å². The molecule has 123 valence electrons. The number of rotatable bonds is 9. The monoisotopic (exact) mass is 317 g/mol. The van der Waals surface area contributed by atoms with Crippen molar-refractivity contribution in [2.24, 2.45) is 0 Å². The van der Waals surface area contributed by atoms with Crippen LogP contribution in [0.3, 0.4) is 0 Å². The van der Waals surface area contributed by atoms with Crippen LogP contribution < -0.4 is 5.32 Å². The van der Waals surface area contributed by atoms with Crippen LogP contribution in [0, 0.1) is 0 Å². The lowest BCUT2D eigenvalue weighted by Gasteiger charge is -2.25. The zero-order valence-electron chi connectivity index (χ0n) is 13.3. The number of benzene rings is 1. The fourth-order valence-corrected chi connectivity index (χ4v) is 1.91. The molecular formula is C17H21N2O4. The van der Waals surface area contributed by atoms with Crippen molar-refractivity contribution in [2.45, 2.75) is 13.0 Å². The zero-order valence-corrected chi connectivity index (χ0v) is 13.3. The van der Waals surface area contributed by atoms with Crippen LogP contribution in [0.2, 0.25) is 0 Å². The number of amides is 2. The van der Waals surface area contributed by atoms with Crippen molar-refractivity contribution in [1.29, 1.82) is 0 Å². The van der Waals surface area contributed by atoms with Gasteiger partial charge in [-0.15, -0.1) is 0 Å². The van der Waals surface area contributed by atoms with Gasteiger partial charge in [0, 0.05) is 20.2 Å². The van der Waals surface area contributed by atoms with Gasteiger partial charge in [-0.2, -0.15) is 0 Å². The predicted molar refractivity (Wildman–Crippen MR) is 87.6 cm³/mol. The van der Waals surface area contributed by atoms with E-state index in [9.17, 15) is 14.4 Å². The Morgan fingerprint density at radius 3 is 2.61 bits per heavy atom. The molecule has 0 saturated heterocycles. The molecule has 1 unspecified atom stereocenters. The SMILES string of the molecule is CCOCCN(C(=O)NC)C([C]=O)C(=O)C=Cc1ccccc1. The third kappa shape index (κ3) is 6.04. The number of carbonyl (C=O) groups excluding carboxylic acids is 3. The number of nitrogens with zero attached hydrogens (tertiary/aromatic N) is 1. The topological polar surface area (TPSA) is 75.7 Å². The molecular weight excluding hydrogens is 296 g/mol. The summed E-state index contributed by atoms with van der Waals surface area (Å²) in [5.41, 5.74) is 0.825. The molecule has 0 aliphatic rings. The van der Waals surface area contributed by atoms with Gasteiger partial charge in [0.15, 0.2) is 11.8 Å². The van der Waals surface area contributed by atoms with Gasteiger partial charge >= 0.3 is 6.03 Å². The number of hydrogen-bond acceptors (Lipinski definition) is 4. The molecule has 0 bridgehead atoms. The number of carbonyl (C=O) groups is 2. The second-order valence-electron chi connectivity index (χ2n) is 4.61. The van der Waals surface area contributed by atoms with Crippen LogP contribution >= 0.6 is 0 Å². The van der Waals surface area contributed by atoms with Crippen molar-refractivity contribution in [3.63, 3.8) is 0 Å². The minimum absolute atomic E-state index is 0.123. The first-order chi connectivity index (χ1) is 11.1. The van der Waals surface area contributed by atoms with Crippen molar-refractivity contribution in [3.8, 4) is 0 Å². The lowest BCUT2D eigenvalue weighted by molar-refractivity contribution is -0.116. The number of hydrogen-bond donors (Lipinski definition) is 1. The van der Waals surface area contributed by atoms with Crippen LogP contribution in [0.5, 0.6) is 0 Å². The molecule has 1 N–H and O–H groups in total. The van der Waals surface area contributed by atoms with Crippen LogP contribution in [-0.4, -0.2) is 55.8 Å². The van der Waals surface area contributed by atoms with Crippen molar-refractivity contribution in [2.75, 3.05) is 26.8 Å². The van der Waals surface area contributed by atoms with Crippen molar-refractivity contribution in [1.82, 2.24) is 10.2 Å². The summed E-state index contributed by atoms with van der Waals surface area (Å²) in [5.74, 6) is -0.510. The molecule has 0 spiro atoms. The van der Waals surface area contributed by atoms with E-state index < -0.39 is 17.9 Å². The van der Waals surface area contributed by atoms with Crippen molar-refractivity contribution < 1.29 is 19.1 Å². The van der Waals surface area contributed by atoms with Gasteiger partial charge in [0.2, 0.25) is 6.29 Å². The minimum atomic E-state index is -1.30. The summed E-state index contributed by atoms with van der Waals surface area (Å²) >= 11 is 0. The summed E-state index contributed by atoms with van der Waals surface area (Å²) in [6, 6.07) is 7.38. The molecule has 1 radical (unpaired) electrons. The van der Waals surface area contributed by atoms with Crippen molar-refractivity contribution >= 4 is 24.2 Å². The van der Waals surface area contributed by atoms with E-state index in [0.717, 1.165) is 10.5 Å². The lowest BCUT2D eigenvalue weighted by atomic mass is 10.1. The maximum absolute atomic E-state index is 12.2. The first kappa shape index (κ1) is 18.6. The molecule has 0 aliphatic heterocycles. The predicted octanol–water partition coefficient (Wildman–Crippen LogP) is 1.43. The van der Waals surface area contributed by atoms with Crippen molar-refractivity contribution in [3.05, 3.63) is 42.0 Å². The largest absolute Gasteiger partial charge is 0.380 e.